The Morgan fingerprint density at radius 3 is 2.48 bits per heavy atom. The fraction of sp³-hybridized carbons (Fsp3) is 0.321. The molecule has 0 bridgehead atoms. The number of carbonyl (C=O) groups is 1. The summed E-state index contributed by atoms with van der Waals surface area (Å²) in [6.07, 6.45) is 2.69. The first-order chi connectivity index (χ1) is 16.0. The normalized spacial score (nSPS) is 19.0. The van der Waals surface area contributed by atoms with Gasteiger partial charge in [-0.2, -0.15) is 0 Å². The zero-order valence-corrected chi connectivity index (χ0v) is 19.7. The van der Waals surface area contributed by atoms with Crippen molar-refractivity contribution in [1.82, 2.24) is 5.32 Å². The predicted octanol–water partition coefficient (Wildman–Crippen LogP) is 4.34. The van der Waals surface area contributed by atoms with Gasteiger partial charge in [0.15, 0.2) is 0 Å². The van der Waals surface area contributed by atoms with Crippen LogP contribution in [0.1, 0.15) is 34.7 Å². The van der Waals surface area contributed by atoms with Crippen molar-refractivity contribution in [3.05, 3.63) is 101 Å². The fourth-order valence-electron chi connectivity index (χ4n) is 4.74. The van der Waals surface area contributed by atoms with Crippen LogP contribution in [-0.2, 0) is 24.1 Å². The van der Waals surface area contributed by atoms with Gasteiger partial charge in [-0.3, -0.25) is 4.79 Å². The molecule has 3 aromatic rings. The van der Waals surface area contributed by atoms with E-state index in [2.05, 4.69) is 11.4 Å². The lowest BCUT2D eigenvalue weighted by molar-refractivity contribution is -0.127. The number of aliphatic hydroxyl groups is 2. The number of thioether (sulfide) groups is 1. The Morgan fingerprint density at radius 1 is 1.00 bits per heavy atom. The Balaban J connectivity index is 1.50. The van der Waals surface area contributed by atoms with Gasteiger partial charge in [0.25, 0.3) is 0 Å². The van der Waals surface area contributed by atoms with Crippen LogP contribution in [0.2, 0.25) is 0 Å². The van der Waals surface area contributed by atoms with Gasteiger partial charge in [0.05, 0.1) is 18.2 Å². The maximum atomic E-state index is 13.4. The second kappa shape index (κ2) is 11.0. The molecule has 0 fully saturated rings. The molecule has 0 radical (unpaired) electrons. The quantitative estimate of drug-likeness (QED) is 0.415. The molecule has 0 heterocycles. The van der Waals surface area contributed by atoms with Gasteiger partial charge in [-0.1, -0.05) is 72.8 Å². The molecule has 3 aromatic carbocycles. The number of fused-ring (bicyclic) bond motifs is 1. The van der Waals surface area contributed by atoms with Crippen LogP contribution in [0.4, 0.5) is 0 Å². The Morgan fingerprint density at radius 2 is 1.70 bits per heavy atom. The summed E-state index contributed by atoms with van der Waals surface area (Å²) in [7, 11) is 0. The summed E-state index contributed by atoms with van der Waals surface area (Å²) < 4.78 is 0. The molecule has 0 saturated carbocycles. The first kappa shape index (κ1) is 23.6. The van der Waals surface area contributed by atoms with E-state index < -0.39 is 24.2 Å². The van der Waals surface area contributed by atoms with E-state index in [1.54, 1.807) is 11.8 Å². The highest BCUT2D eigenvalue weighted by atomic mass is 32.2. The van der Waals surface area contributed by atoms with Gasteiger partial charge in [0, 0.05) is 17.2 Å². The third-order valence-corrected chi connectivity index (χ3v) is 7.24. The van der Waals surface area contributed by atoms with E-state index in [4.69, 9.17) is 0 Å². The summed E-state index contributed by atoms with van der Waals surface area (Å²) in [4.78, 5) is 14.6. The summed E-state index contributed by atoms with van der Waals surface area (Å²) in [5.74, 6) is -0.527. The summed E-state index contributed by atoms with van der Waals surface area (Å²) in [5, 5.41) is 24.6. The van der Waals surface area contributed by atoms with Gasteiger partial charge >= 0.3 is 0 Å². The molecule has 0 aromatic heterocycles. The molecule has 172 valence electrons. The van der Waals surface area contributed by atoms with Crippen LogP contribution in [0.25, 0.3) is 0 Å². The minimum absolute atomic E-state index is 0.128. The number of aliphatic hydroxyl groups excluding tert-OH is 2. The van der Waals surface area contributed by atoms with Crippen molar-refractivity contribution < 1.29 is 15.0 Å². The number of amides is 1. The van der Waals surface area contributed by atoms with Crippen LogP contribution in [-0.4, -0.2) is 34.6 Å². The van der Waals surface area contributed by atoms with Gasteiger partial charge in [0.2, 0.25) is 5.91 Å². The molecule has 4 atom stereocenters. The lowest BCUT2D eigenvalue weighted by atomic mass is 9.90. The lowest BCUT2D eigenvalue weighted by Gasteiger charge is -2.24. The highest BCUT2D eigenvalue weighted by Gasteiger charge is 2.34. The first-order valence-corrected chi connectivity index (χ1v) is 12.7. The molecule has 33 heavy (non-hydrogen) atoms. The summed E-state index contributed by atoms with van der Waals surface area (Å²) in [5.41, 5.74) is 4.20. The number of hydrogen-bond donors (Lipinski definition) is 3. The Labute approximate surface area is 200 Å². The minimum atomic E-state index is -0.640. The number of nitrogens with one attached hydrogen (secondary N) is 1. The fourth-order valence-corrected chi connectivity index (χ4v) is 5.37. The molecule has 1 amide bonds. The van der Waals surface area contributed by atoms with E-state index in [0.717, 1.165) is 27.1 Å². The second-order valence-electron chi connectivity index (χ2n) is 8.75. The zero-order valence-electron chi connectivity index (χ0n) is 18.9. The third-order valence-electron chi connectivity index (χ3n) is 6.40. The summed E-state index contributed by atoms with van der Waals surface area (Å²) in [6.45, 7) is 0. The molecular weight excluding hydrogens is 430 g/mol. The summed E-state index contributed by atoms with van der Waals surface area (Å²) in [6, 6.07) is 25.4. The van der Waals surface area contributed by atoms with Crippen molar-refractivity contribution in [1.29, 1.82) is 0 Å². The molecule has 4 nitrogen and oxygen atoms in total. The Kier molecular flexibility index (Phi) is 7.86. The largest absolute Gasteiger partial charge is 0.393 e. The van der Waals surface area contributed by atoms with Crippen molar-refractivity contribution in [3.63, 3.8) is 0 Å². The lowest BCUT2D eigenvalue weighted by Crippen LogP contribution is -2.39. The second-order valence-corrected chi connectivity index (χ2v) is 9.60. The van der Waals surface area contributed by atoms with E-state index in [0.29, 0.717) is 25.7 Å². The van der Waals surface area contributed by atoms with E-state index >= 15 is 0 Å². The van der Waals surface area contributed by atoms with Crippen molar-refractivity contribution in [2.24, 2.45) is 5.92 Å². The maximum Gasteiger partial charge on any atom is 0.224 e. The number of carbonyl (C=O) groups excluding carboxylic acids is 1. The molecule has 0 unspecified atom stereocenters. The Hall–Kier alpha value is -2.60. The van der Waals surface area contributed by atoms with Crippen LogP contribution in [0, 0.1) is 5.92 Å². The molecule has 4 rings (SSSR count). The van der Waals surface area contributed by atoms with Crippen LogP contribution >= 0.6 is 11.8 Å². The average Bonchev–Trinajstić information content (AvgIpc) is 3.14. The zero-order chi connectivity index (χ0) is 23.2. The van der Waals surface area contributed by atoms with Crippen LogP contribution in [0.5, 0.6) is 0 Å². The van der Waals surface area contributed by atoms with Gasteiger partial charge in [-0.25, -0.2) is 0 Å². The standard InChI is InChI=1S/C28H31NO3S/c1-33-26-14-8-6-12-21(26)16-23(30)17-22(15-19-9-3-2-4-10-19)28(32)29-27-24-13-7-5-11-20(24)18-25(27)31/h2-14,22-23,25,27,30-31H,15-18H2,1H3,(H,29,32)/t22-,23+,25+,27-/m0/s1. The highest BCUT2D eigenvalue weighted by Crippen LogP contribution is 2.32. The van der Waals surface area contributed by atoms with Crippen molar-refractivity contribution >= 4 is 17.7 Å². The molecule has 5 heteroatoms. The summed E-state index contributed by atoms with van der Waals surface area (Å²) >= 11 is 1.66. The van der Waals surface area contributed by atoms with Gasteiger partial charge in [0.1, 0.15) is 0 Å². The van der Waals surface area contributed by atoms with Crippen molar-refractivity contribution in [2.75, 3.05) is 6.26 Å². The third kappa shape index (κ3) is 5.85. The monoisotopic (exact) mass is 461 g/mol. The molecular formula is C28H31NO3S. The van der Waals surface area contributed by atoms with E-state index in [9.17, 15) is 15.0 Å². The maximum absolute atomic E-state index is 13.4. The number of hydrogen-bond acceptors (Lipinski definition) is 4. The van der Waals surface area contributed by atoms with Crippen LogP contribution < -0.4 is 5.32 Å². The molecule has 3 N–H and O–H groups in total. The van der Waals surface area contributed by atoms with Crippen molar-refractivity contribution in [3.8, 4) is 0 Å². The topological polar surface area (TPSA) is 69.6 Å². The SMILES string of the molecule is CSc1ccccc1C[C@@H](O)C[C@H](Cc1ccccc1)C(=O)N[C@H]1c2ccccc2C[C@H]1O. The van der Waals surface area contributed by atoms with E-state index in [1.807, 2.05) is 79.1 Å². The molecule has 0 aliphatic heterocycles. The Bertz CT molecular complexity index is 1070. The van der Waals surface area contributed by atoms with Gasteiger partial charge in [-0.05, 0) is 53.8 Å². The number of benzene rings is 3. The van der Waals surface area contributed by atoms with Gasteiger partial charge in [-0.15, -0.1) is 11.8 Å². The molecule has 1 aliphatic carbocycles. The van der Waals surface area contributed by atoms with Crippen molar-refractivity contribution in [2.45, 2.75) is 48.8 Å². The van der Waals surface area contributed by atoms with Crippen LogP contribution in [0.15, 0.2) is 83.8 Å². The highest BCUT2D eigenvalue weighted by molar-refractivity contribution is 7.98. The first-order valence-electron chi connectivity index (χ1n) is 11.4. The molecule has 0 spiro atoms. The molecule has 1 aliphatic rings. The van der Waals surface area contributed by atoms with E-state index in [1.165, 1.54) is 0 Å². The van der Waals surface area contributed by atoms with E-state index in [-0.39, 0.29) is 5.91 Å². The average molecular weight is 462 g/mol. The van der Waals surface area contributed by atoms with Crippen LogP contribution in [0.3, 0.4) is 0 Å². The van der Waals surface area contributed by atoms with Gasteiger partial charge < -0.3 is 15.5 Å². The molecule has 0 saturated heterocycles. The predicted molar refractivity (Wildman–Crippen MR) is 133 cm³/mol. The smallest absolute Gasteiger partial charge is 0.224 e. The number of rotatable bonds is 9. The minimum Gasteiger partial charge on any atom is -0.393 e.